The molecule has 4 nitrogen and oxygen atoms in total. The Kier molecular flexibility index (Phi) is 4.27. The van der Waals surface area contributed by atoms with Crippen LogP contribution < -0.4 is 10.3 Å². The Balaban J connectivity index is 2.27. The fourth-order valence-corrected chi connectivity index (χ4v) is 2.68. The van der Waals surface area contributed by atoms with Crippen LogP contribution in [0.2, 0.25) is 0 Å². The monoisotopic (exact) mass is 365 g/mol. The number of aryl methyl sites for hydroxylation is 1. The summed E-state index contributed by atoms with van der Waals surface area (Å²) < 4.78 is 56.4. The number of halogens is 4. The lowest BCUT2D eigenvalue weighted by atomic mass is 9.99. The minimum absolute atomic E-state index is 0.0859. The summed E-state index contributed by atoms with van der Waals surface area (Å²) in [5.74, 6) is -1.27. The highest BCUT2D eigenvalue weighted by Crippen LogP contribution is 2.33. The molecule has 3 aromatic rings. The maximum absolute atomic E-state index is 13.5. The normalized spacial score (nSPS) is 11.6. The van der Waals surface area contributed by atoms with Gasteiger partial charge < -0.3 is 9.30 Å². The number of carbonyl (C=O) groups is 1. The lowest BCUT2D eigenvalue weighted by molar-refractivity contribution is -0.274. The van der Waals surface area contributed by atoms with Crippen molar-refractivity contribution >= 4 is 17.1 Å². The van der Waals surface area contributed by atoms with Crippen LogP contribution in [0.15, 0.2) is 47.4 Å². The second kappa shape index (κ2) is 6.29. The molecule has 0 aliphatic rings. The molecule has 3 rings (SSSR count). The first kappa shape index (κ1) is 17.7. The molecule has 0 bridgehead atoms. The SMILES string of the molecule is Cn1cc(-c2ccc(C=O)c(OC(F)(F)F)c2)c2ccc(F)cc2c1=O. The third-order valence-electron chi connectivity index (χ3n) is 3.82. The van der Waals surface area contributed by atoms with Crippen molar-refractivity contribution in [3.63, 3.8) is 0 Å². The molecule has 0 amide bonds. The standard InChI is InChI=1S/C18H11F4NO3/c1-23-8-15(13-5-4-12(19)7-14(13)17(23)25)10-2-3-11(9-24)16(6-10)26-18(20,21)22/h2-9H,1H3. The van der Waals surface area contributed by atoms with E-state index in [0.717, 1.165) is 18.2 Å². The summed E-state index contributed by atoms with van der Waals surface area (Å²) in [7, 11) is 1.45. The largest absolute Gasteiger partial charge is 0.573 e. The number of aldehydes is 1. The molecule has 1 heterocycles. The fourth-order valence-electron chi connectivity index (χ4n) is 2.68. The second-order valence-corrected chi connectivity index (χ2v) is 5.57. The van der Waals surface area contributed by atoms with Crippen LogP contribution in [0.4, 0.5) is 17.6 Å². The van der Waals surface area contributed by atoms with Gasteiger partial charge in [0.15, 0.2) is 6.29 Å². The van der Waals surface area contributed by atoms with E-state index in [1.165, 1.54) is 36.0 Å². The predicted molar refractivity (Wildman–Crippen MR) is 86.7 cm³/mol. The van der Waals surface area contributed by atoms with Gasteiger partial charge in [-0.1, -0.05) is 12.1 Å². The van der Waals surface area contributed by atoms with Gasteiger partial charge in [0.2, 0.25) is 0 Å². The Labute approximate surface area is 144 Å². The van der Waals surface area contributed by atoms with Crippen molar-refractivity contribution in [2.24, 2.45) is 7.05 Å². The summed E-state index contributed by atoms with van der Waals surface area (Å²) >= 11 is 0. The molecular weight excluding hydrogens is 354 g/mol. The molecule has 1 aromatic heterocycles. The number of benzene rings is 2. The summed E-state index contributed by atoms with van der Waals surface area (Å²) in [6, 6.07) is 7.25. The zero-order valence-corrected chi connectivity index (χ0v) is 13.3. The summed E-state index contributed by atoms with van der Waals surface area (Å²) in [6.45, 7) is 0. The molecule has 0 aliphatic carbocycles. The highest BCUT2D eigenvalue weighted by atomic mass is 19.4. The number of rotatable bonds is 3. The Hall–Kier alpha value is -3.16. The quantitative estimate of drug-likeness (QED) is 0.520. The van der Waals surface area contributed by atoms with Crippen molar-refractivity contribution in [1.29, 1.82) is 0 Å². The van der Waals surface area contributed by atoms with Gasteiger partial charge >= 0.3 is 6.36 Å². The van der Waals surface area contributed by atoms with E-state index in [1.807, 2.05) is 0 Å². The molecule has 0 radical (unpaired) electrons. The number of pyridine rings is 1. The highest BCUT2D eigenvalue weighted by Gasteiger charge is 2.32. The van der Waals surface area contributed by atoms with Gasteiger partial charge in [-0.2, -0.15) is 0 Å². The van der Waals surface area contributed by atoms with Crippen LogP contribution in [0.3, 0.4) is 0 Å². The average Bonchev–Trinajstić information content (AvgIpc) is 2.57. The van der Waals surface area contributed by atoms with E-state index in [4.69, 9.17) is 0 Å². The first-order valence-corrected chi connectivity index (χ1v) is 7.34. The van der Waals surface area contributed by atoms with Crippen molar-refractivity contribution in [3.8, 4) is 16.9 Å². The van der Waals surface area contributed by atoms with Gasteiger partial charge in [-0.3, -0.25) is 9.59 Å². The number of hydrogen-bond donors (Lipinski definition) is 0. The van der Waals surface area contributed by atoms with Crippen molar-refractivity contribution in [2.45, 2.75) is 6.36 Å². The Morgan fingerprint density at radius 1 is 1.08 bits per heavy atom. The number of ether oxygens (including phenoxy) is 1. The Morgan fingerprint density at radius 2 is 1.81 bits per heavy atom. The second-order valence-electron chi connectivity index (χ2n) is 5.57. The first-order valence-electron chi connectivity index (χ1n) is 7.34. The molecule has 2 aromatic carbocycles. The minimum Gasteiger partial charge on any atom is -0.405 e. The van der Waals surface area contributed by atoms with Crippen molar-refractivity contribution in [1.82, 2.24) is 4.57 Å². The van der Waals surface area contributed by atoms with Crippen LogP contribution in [0.5, 0.6) is 5.75 Å². The van der Waals surface area contributed by atoms with E-state index in [2.05, 4.69) is 4.74 Å². The molecule has 0 saturated heterocycles. The van der Waals surface area contributed by atoms with Crippen LogP contribution in [0.25, 0.3) is 21.9 Å². The lowest BCUT2D eigenvalue weighted by Gasteiger charge is -2.14. The zero-order valence-electron chi connectivity index (χ0n) is 13.3. The van der Waals surface area contributed by atoms with E-state index >= 15 is 0 Å². The third-order valence-corrected chi connectivity index (χ3v) is 3.82. The minimum atomic E-state index is -4.97. The number of fused-ring (bicyclic) bond motifs is 1. The van der Waals surface area contributed by atoms with E-state index in [1.54, 1.807) is 0 Å². The molecule has 134 valence electrons. The lowest BCUT2D eigenvalue weighted by Crippen LogP contribution is -2.18. The fraction of sp³-hybridized carbons (Fsp3) is 0.111. The summed E-state index contributed by atoms with van der Waals surface area (Å²) in [5, 5.41) is 0.453. The summed E-state index contributed by atoms with van der Waals surface area (Å²) in [4.78, 5) is 23.2. The van der Waals surface area contributed by atoms with Crippen LogP contribution in [0.1, 0.15) is 10.4 Å². The van der Waals surface area contributed by atoms with E-state index < -0.39 is 23.5 Å². The number of hydrogen-bond acceptors (Lipinski definition) is 3. The maximum atomic E-state index is 13.5. The smallest absolute Gasteiger partial charge is 0.405 e. The van der Waals surface area contributed by atoms with Gasteiger partial charge in [0, 0.05) is 18.8 Å². The van der Waals surface area contributed by atoms with Crippen molar-refractivity contribution in [3.05, 3.63) is 64.3 Å². The van der Waals surface area contributed by atoms with Gasteiger partial charge in [0.05, 0.1) is 10.9 Å². The van der Waals surface area contributed by atoms with E-state index in [0.29, 0.717) is 10.9 Å². The zero-order chi connectivity index (χ0) is 19.1. The van der Waals surface area contributed by atoms with Gasteiger partial charge in [-0.15, -0.1) is 13.2 Å². The summed E-state index contributed by atoms with van der Waals surface area (Å²) in [5.41, 5.74) is -0.0422. The molecule has 8 heteroatoms. The van der Waals surface area contributed by atoms with Crippen molar-refractivity contribution in [2.75, 3.05) is 0 Å². The molecule has 0 unspecified atom stereocenters. The van der Waals surface area contributed by atoms with E-state index in [9.17, 15) is 27.2 Å². The number of carbonyl (C=O) groups excluding carboxylic acids is 1. The van der Waals surface area contributed by atoms with Crippen molar-refractivity contribution < 1.29 is 27.1 Å². The Morgan fingerprint density at radius 3 is 2.46 bits per heavy atom. The van der Waals surface area contributed by atoms with Gasteiger partial charge in [-0.25, -0.2) is 4.39 Å². The molecule has 0 atom stereocenters. The molecular formula is C18H11F4NO3. The molecule has 0 saturated carbocycles. The topological polar surface area (TPSA) is 48.3 Å². The Bertz CT molecular complexity index is 1070. The molecule has 0 spiro atoms. The number of alkyl halides is 3. The molecule has 0 N–H and O–H groups in total. The van der Waals surface area contributed by atoms with Crippen LogP contribution in [0, 0.1) is 5.82 Å². The molecule has 26 heavy (non-hydrogen) atoms. The number of nitrogens with zero attached hydrogens (tertiary/aromatic N) is 1. The van der Waals surface area contributed by atoms with Crippen LogP contribution in [-0.2, 0) is 7.05 Å². The van der Waals surface area contributed by atoms with Gasteiger partial charge in [0.1, 0.15) is 11.6 Å². The van der Waals surface area contributed by atoms with Crippen LogP contribution >= 0.6 is 0 Å². The third kappa shape index (κ3) is 3.30. The maximum Gasteiger partial charge on any atom is 0.573 e. The number of aromatic nitrogens is 1. The molecule has 0 fully saturated rings. The van der Waals surface area contributed by atoms with Crippen LogP contribution in [-0.4, -0.2) is 17.2 Å². The summed E-state index contributed by atoms with van der Waals surface area (Å²) in [6.07, 6.45) is -3.29. The average molecular weight is 365 g/mol. The van der Waals surface area contributed by atoms with Gasteiger partial charge in [0.25, 0.3) is 5.56 Å². The molecule has 0 aliphatic heterocycles. The predicted octanol–water partition coefficient (Wildman–Crippen LogP) is 4.06. The highest BCUT2D eigenvalue weighted by molar-refractivity contribution is 5.96. The van der Waals surface area contributed by atoms with E-state index in [-0.39, 0.29) is 22.8 Å². The first-order chi connectivity index (χ1) is 12.2. The van der Waals surface area contributed by atoms with Gasteiger partial charge in [-0.05, 0) is 35.2 Å².